The van der Waals surface area contributed by atoms with E-state index < -0.39 is 21.6 Å². The summed E-state index contributed by atoms with van der Waals surface area (Å²) >= 11 is 12.2. The second kappa shape index (κ2) is 11.3. The molecule has 0 radical (unpaired) electrons. The minimum absolute atomic E-state index is 0.0755. The van der Waals surface area contributed by atoms with E-state index in [1.165, 1.54) is 18.2 Å². The molecule has 3 aromatic heterocycles. The maximum absolute atomic E-state index is 14.2. The van der Waals surface area contributed by atoms with E-state index in [9.17, 15) is 22.7 Å². The Morgan fingerprint density at radius 1 is 1.15 bits per heavy atom. The van der Waals surface area contributed by atoms with Gasteiger partial charge in [-0.3, -0.25) is 4.90 Å². The van der Waals surface area contributed by atoms with Crippen LogP contribution in [0.3, 0.4) is 0 Å². The van der Waals surface area contributed by atoms with Crippen molar-refractivity contribution in [2.24, 2.45) is 0 Å². The van der Waals surface area contributed by atoms with Crippen molar-refractivity contribution in [3.63, 3.8) is 0 Å². The van der Waals surface area contributed by atoms with Crippen LogP contribution in [0, 0.1) is 5.82 Å². The molecule has 1 aliphatic heterocycles. The zero-order valence-corrected chi connectivity index (χ0v) is 23.6. The number of carbonyl (C=O) groups is 1. The highest BCUT2D eigenvalue weighted by Gasteiger charge is 2.24. The van der Waals surface area contributed by atoms with Crippen LogP contribution in [-0.4, -0.2) is 62.5 Å². The average Bonchev–Trinajstić information content (AvgIpc) is 3.22. The van der Waals surface area contributed by atoms with Gasteiger partial charge in [0.15, 0.2) is 11.3 Å². The van der Waals surface area contributed by atoms with Gasteiger partial charge in [0.1, 0.15) is 38.6 Å². The Balaban J connectivity index is 1.38. The number of halogens is 3. The van der Waals surface area contributed by atoms with Crippen molar-refractivity contribution in [3.8, 4) is 5.88 Å². The van der Waals surface area contributed by atoms with Gasteiger partial charge in [0, 0.05) is 36.5 Å². The fourth-order valence-electron chi connectivity index (χ4n) is 4.47. The van der Waals surface area contributed by atoms with E-state index in [1.54, 1.807) is 22.8 Å². The van der Waals surface area contributed by atoms with Crippen molar-refractivity contribution in [3.05, 3.63) is 80.6 Å². The lowest BCUT2D eigenvalue weighted by Crippen LogP contribution is -2.32. The summed E-state index contributed by atoms with van der Waals surface area (Å²) < 4.78 is 45.4. The molecule has 14 heteroatoms. The molecule has 1 aliphatic rings. The summed E-state index contributed by atoms with van der Waals surface area (Å²) in [4.78, 5) is 27.0. The smallest absolute Gasteiger partial charge is 0.354 e. The molecule has 0 amide bonds. The van der Waals surface area contributed by atoms with E-state index in [0.717, 1.165) is 17.5 Å². The summed E-state index contributed by atoms with van der Waals surface area (Å²) in [6.07, 6.45) is 1.79. The third-order valence-corrected chi connectivity index (χ3v) is 7.93. The molecule has 1 N–H and O–H groups in total. The standard InChI is InChI=1S/C26H24Cl2FN5O5S/c1-40(37,38)9-8-34-23(30-20-4-5-21(26(35)36)31-24(20)34)13-33-7-6-15-10-18(28)25(32-22(15)12-33)39-14-16-2-3-17(27)11-19(16)29/h2-5,10-11H,6-9,12-14H2,1H3,(H,35,36). The molecule has 4 aromatic rings. The summed E-state index contributed by atoms with van der Waals surface area (Å²) in [6, 6.07) is 9.05. The van der Waals surface area contributed by atoms with Crippen molar-refractivity contribution in [2.45, 2.75) is 32.7 Å². The van der Waals surface area contributed by atoms with Gasteiger partial charge in [0.05, 0.1) is 18.0 Å². The number of imidazole rings is 1. The van der Waals surface area contributed by atoms with E-state index in [0.29, 0.717) is 53.6 Å². The number of hydrogen-bond acceptors (Lipinski definition) is 8. The maximum Gasteiger partial charge on any atom is 0.354 e. The number of aromatic nitrogens is 4. The Labute approximate surface area is 239 Å². The summed E-state index contributed by atoms with van der Waals surface area (Å²) in [5.41, 5.74) is 2.65. The number of nitrogens with zero attached hydrogens (tertiary/aromatic N) is 5. The minimum Gasteiger partial charge on any atom is -0.477 e. The topological polar surface area (TPSA) is 128 Å². The molecule has 10 nitrogen and oxygen atoms in total. The monoisotopic (exact) mass is 607 g/mol. The number of hydrogen-bond donors (Lipinski definition) is 1. The van der Waals surface area contributed by atoms with Crippen LogP contribution < -0.4 is 4.74 Å². The molecule has 0 unspecified atom stereocenters. The van der Waals surface area contributed by atoms with Gasteiger partial charge in [-0.2, -0.15) is 0 Å². The molecule has 1 aromatic carbocycles. The fraction of sp³-hybridized carbons (Fsp3) is 0.308. The van der Waals surface area contributed by atoms with Gasteiger partial charge >= 0.3 is 5.97 Å². The zero-order chi connectivity index (χ0) is 28.6. The molecule has 5 rings (SSSR count). The van der Waals surface area contributed by atoms with Crippen LogP contribution in [-0.2, 0) is 42.5 Å². The summed E-state index contributed by atoms with van der Waals surface area (Å²) in [6.45, 7) is 1.44. The lowest BCUT2D eigenvalue weighted by Gasteiger charge is -2.28. The van der Waals surface area contributed by atoms with Crippen LogP contribution >= 0.6 is 23.2 Å². The summed E-state index contributed by atoms with van der Waals surface area (Å²) in [5, 5.41) is 9.99. The molecule has 0 saturated heterocycles. The van der Waals surface area contributed by atoms with Gasteiger partial charge in [-0.15, -0.1) is 0 Å². The maximum atomic E-state index is 14.2. The van der Waals surface area contributed by atoms with E-state index in [-0.39, 0.29) is 35.5 Å². The number of ether oxygens (including phenoxy) is 1. The van der Waals surface area contributed by atoms with E-state index in [1.807, 2.05) is 0 Å². The third-order valence-electron chi connectivity index (χ3n) is 6.50. The van der Waals surface area contributed by atoms with Gasteiger partial charge in [0.2, 0.25) is 5.88 Å². The van der Waals surface area contributed by atoms with Crippen molar-refractivity contribution in [2.75, 3.05) is 18.6 Å². The van der Waals surface area contributed by atoms with Crippen LogP contribution in [0.15, 0.2) is 36.4 Å². The molecule has 40 heavy (non-hydrogen) atoms. The van der Waals surface area contributed by atoms with Crippen LogP contribution in [0.1, 0.15) is 33.1 Å². The Hall–Kier alpha value is -3.32. The number of aromatic carboxylic acids is 1. The Morgan fingerprint density at radius 2 is 1.95 bits per heavy atom. The van der Waals surface area contributed by atoms with Gasteiger partial charge < -0.3 is 14.4 Å². The van der Waals surface area contributed by atoms with E-state index in [2.05, 4.69) is 19.9 Å². The molecule has 0 spiro atoms. The number of rotatable bonds is 9. The SMILES string of the molecule is CS(=O)(=O)CCn1c(CN2CCc3cc(Cl)c(OCc4ccc(Cl)cc4F)nc3C2)nc2ccc(C(=O)O)nc21. The van der Waals surface area contributed by atoms with Gasteiger partial charge in [-0.25, -0.2) is 32.6 Å². The first-order valence-electron chi connectivity index (χ1n) is 12.2. The van der Waals surface area contributed by atoms with Crippen molar-refractivity contribution in [1.82, 2.24) is 24.4 Å². The molecule has 0 atom stereocenters. The van der Waals surface area contributed by atoms with E-state index >= 15 is 0 Å². The van der Waals surface area contributed by atoms with Crippen LogP contribution in [0.4, 0.5) is 4.39 Å². The number of benzene rings is 1. The van der Waals surface area contributed by atoms with Crippen LogP contribution in [0.5, 0.6) is 5.88 Å². The van der Waals surface area contributed by atoms with Gasteiger partial charge in [-0.1, -0.05) is 29.3 Å². The zero-order valence-electron chi connectivity index (χ0n) is 21.3. The van der Waals surface area contributed by atoms with Gasteiger partial charge in [0.25, 0.3) is 0 Å². The second-order valence-electron chi connectivity index (χ2n) is 9.52. The Kier molecular flexibility index (Phi) is 7.96. The summed E-state index contributed by atoms with van der Waals surface area (Å²) in [7, 11) is -3.30. The first-order chi connectivity index (χ1) is 19.0. The molecule has 0 aliphatic carbocycles. The fourth-order valence-corrected chi connectivity index (χ4v) is 5.37. The number of carboxylic acids is 1. The van der Waals surface area contributed by atoms with Crippen LogP contribution in [0.2, 0.25) is 10.0 Å². The number of sulfone groups is 1. The van der Waals surface area contributed by atoms with Crippen molar-refractivity contribution in [1.29, 1.82) is 0 Å². The quantitative estimate of drug-likeness (QED) is 0.298. The molecule has 4 heterocycles. The third kappa shape index (κ3) is 6.35. The van der Waals surface area contributed by atoms with E-state index in [4.69, 9.17) is 27.9 Å². The molecule has 0 saturated carbocycles. The first-order valence-corrected chi connectivity index (χ1v) is 15.0. The highest BCUT2D eigenvalue weighted by molar-refractivity contribution is 7.90. The predicted molar refractivity (Wildman–Crippen MR) is 147 cm³/mol. The van der Waals surface area contributed by atoms with Crippen molar-refractivity contribution < 1.29 is 27.4 Å². The normalized spacial score (nSPS) is 13.9. The molecule has 210 valence electrons. The first kappa shape index (κ1) is 28.2. The van der Waals surface area contributed by atoms with Crippen molar-refractivity contribution >= 4 is 50.2 Å². The molecular weight excluding hydrogens is 584 g/mol. The lowest BCUT2D eigenvalue weighted by atomic mass is 10.1. The van der Waals surface area contributed by atoms with Gasteiger partial charge in [-0.05, 0) is 42.3 Å². The number of pyridine rings is 2. The number of carboxylic acid groups (broad SMARTS) is 1. The Bertz CT molecular complexity index is 1730. The largest absolute Gasteiger partial charge is 0.477 e. The number of aryl methyl sites for hydroxylation is 1. The molecular formula is C26H24Cl2FN5O5S. The van der Waals surface area contributed by atoms with Crippen LogP contribution in [0.25, 0.3) is 11.2 Å². The molecule has 0 fully saturated rings. The highest BCUT2D eigenvalue weighted by Crippen LogP contribution is 2.30. The summed E-state index contributed by atoms with van der Waals surface area (Å²) in [5.74, 6) is -1.09. The highest BCUT2D eigenvalue weighted by atomic mass is 35.5. The lowest BCUT2D eigenvalue weighted by molar-refractivity contribution is 0.0690. The second-order valence-corrected chi connectivity index (χ2v) is 12.6. The minimum atomic E-state index is -3.30. The number of fused-ring (bicyclic) bond motifs is 2. The molecule has 0 bridgehead atoms. The Morgan fingerprint density at radius 3 is 2.67 bits per heavy atom. The average molecular weight is 608 g/mol. The predicted octanol–water partition coefficient (Wildman–Crippen LogP) is 4.15.